The number of para-hydroxylation sites is 1. The number of hydrogen-bond donors (Lipinski definition) is 3. The largest absolute Gasteiger partial charge is 0.450 e. The smallest absolute Gasteiger partial charge is 0.196 e. The number of aliphatic hydroxyl groups is 2. The van der Waals surface area contributed by atoms with Crippen LogP contribution in [0.4, 0.5) is 5.82 Å². The fourth-order valence-corrected chi connectivity index (χ4v) is 3.04. The van der Waals surface area contributed by atoms with E-state index in [9.17, 15) is 10.2 Å². The topological polar surface area (TPSA) is 91.4 Å². The first-order valence-corrected chi connectivity index (χ1v) is 8.48. The average Bonchev–Trinajstić information content (AvgIpc) is 3.06. The number of nitrogens with zero attached hydrogens (tertiary/aromatic N) is 2. The molecule has 0 fully saturated rings. The van der Waals surface area contributed by atoms with Crippen LogP contribution in [0.25, 0.3) is 22.1 Å². The minimum atomic E-state index is -0.952. The van der Waals surface area contributed by atoms with Crippen molar-refractivity contribution in [2.24, 2.45) is 0 Å². The van der Waals surface area contributed by atoms with Crippen molar-refractivity contribution >= 4 is 39.5 Å². The highest BCUT2D eigenvalue weighted by Gasteiger charge is 2.23. The zero-order valence-corrected chi connectivity index (χ0v) is 14.4. The standard InChI is InChI=1S/C19H16ClN3O3/c20-12-7-5-11(6-8-12)17(25)14(9-24)23-19-18-16(21-10-22-19)13-3-1-2-4-15(13)26-18/h1-8,10,14,17,24-25H,9H2,(H,21,22,23). The van der Waals surface area contributed by atoms with Crippen molar-refractivity contribution in [3.05, 3.63) is 65.4 Å². The predicted octanol–water partition coefficient (Wildman–Crippen LogP) is 3.54. The van der Waals surface area contributed by atoms with Gasteiger partial charge in [0.2, 0.25) is 0 Å². The molecule has 6 nitrogen and oxygen atoms in total. The molecule has 2 aromatic heterocycles. The number of nitrogens with one attached hydrogen (secondary N) is 1. The van der Waals surface area contributed by atoms with Crippen LogP contribution in [-0.2, 0) is 0 Å². The van der Waals surface area contributed by atoms with Crippen molar-refractivity contribution in [1.29, 1.82) is 0 Å². The summed E-state index contributed by atoms with van der Waals surface area (Å²) in [4.78, 5) is 8.51. The Bertz CT molecular complexity index is 1050. The molecule has 2 heterocycles. The molecule has 0 saturated carbocycles. The number of aromatic nitrogens is 2. The first-order valence-electron chi connectivity index (χ1n) is 8.10. The molecule has 0 radical (unpaired) electrons. The highest BCUT2D eigenvalue weighted by Crippen LogP contribution is 2.31. The second-order valence-corrected chi connectivity index (χ2v) is 6.36. The summed E-state index contributed by atoms with van der Waals surface area (Å²) in [5.74, 6) is 0.415. The Kier molecular flexibility index (Phi) is 4.46. The van der Waals surface area contributed by atoms with Crippen molar-refractivity contribution in [1.82, 2.24) is 9.97 Å². The molecule has 4 aromatic rings. The maximum absolute atomic E-state index is 10.6. The van der Waals surface area contributed by atoms with E-state index >= 15 is 0 Å². The molecule has 3 N–H and O–H groups in total. The summed E-state index contributed by atoms with van der Waals surface area (Å²) in [7, 11) is 0. The van der Waals surface area contributed by atoms with Crippen LogP contribution in [0, 0.1) is 0 Å². The molecule has 2 unspecified atom stereocenters. The molecular formula is C19H16ClN3O3. The van der Waals surface area contributed by atoms with E-state index in [0.717, 1.165) is 5.39 Å². The third-order valence-electron chi connectivity index (χ3n) is 4.27. The molecule has 0 aliphatic heterocycles. The third-order valence-corrected chi connectivity index (χ3v) is 4.52. The van der Waals surface area contributed by atoms with Gasteiger partial charge in [0.05, 0.1) is 12.6 Å². The first kappa shape index (κ1) is 16.8. The van der Waals surface area contributed by atoms with E-state index in [1.165, 1.54) is 6.33 Å². The van der Waals surface area contributed by atoms with Gasteiger partial charge in [-0.1, -0.05) is 35.9 Å². The fourth-order valence-electron chi connectivity index (χ4n) is 2.92. The lowest BCUT2D eigenvalue weighted by molar-refractivity contribution is 0.118. The highest BCUT2D eigenvalue weighted by atomic mass is 35.5. The van der Waals surface area contributed by atoms with Gasteiger partial charge in [0.25, 0.3) is 0 Å². The van der Waals surface area contributed by atoms with Gasteiger partial charge in [-0.05, 0) is 29.8 Å². The molecule has 0 bridgehead atoms. The summed E-state index contributed by atoms with van der Waals surface area (Å²) in [6.07, 6.45) is 0.474. The lowest BCUT2D eigenvalue weighted by atomic mass is 10.0. The highest BCUT2D eigenvalue weighted by molar-refractivity contribution is 6.30. The van der Waals surface area contributed by atoms with Crippen LogP contribution in [0.2, 0.25) is 5.02 Å². The average molecular weight is 370 g/mol. The minimum absolute atomic E-state index is 0.296. The second-order valence-electron chi connectivity index (χ2n) is 5.93. The number of halogens is 1. The fraction of sp³-hybridized carbons (Fsp3) is 0.158. The quantitative estimate of drug-likeness (QED) is 0.498. The van der Waals surface area contributed by atoms with Crippen LogP contribution in [0.5, 0.6) is 0 Å². The molecule has 7 heteroatoms. The molecule has 0 saturated heterocycles. The third kappa shape index (κ3) is 2.99. The Morgan fingerprint density at radius 2 is 1.85 bits per heavy atom. The zero-order valence-electron chi connectivity index (χ0n) is 13.6. The van der Waals surface area contributed by atoms with Crippen LogP contribution in [0.15, 0.2) is 59.3 Å². The molecule has 132 valence electrons. The Morgan fingerprint density at radius 1 is 1.08 bits per heavy atom. The summed E-state index contributed by atoms with van der Waals surface area (Å²) in [5.41, 5.74) is 2.49. The maximum atomic E-state index is 10.6. The summed E-state index contributed by atoms with van der Waals surface area (Å²) >= 11 is 5.89. The van der Waals surface area contributed by atoms with Gasteiger partial charge >= 0.3 is 0 Å². The van der Waals surface area contributed by atoms with Gasteiger partial charge in [0.1, 0.15) is 23.5 Å². The van der Waals surface area contributed by atoms with Crippen molar-refractivity contribution in [3.8, 4) is 0 Å². The number of aliphatic hydroxyl groups excluding tert-OH is 2. The SMILES string of the molecule is OCC(Nc1ncnc2c1oc1ccccc12)C(O)c1ccc(Cl)cc1. The minimum Gasteiger partial charge on any atom is -0.450 e. The van der Waals surface area contributed by atoms with Crippen LogP contribution >= 0.6 is 11.6 Å². The maximum Gasteiger partial charge on any atom is 0.196 e. The number of rotatable bonds is 5. The van der Waals surface area contributed by atoms with Crippen molar-refractivity contribution in [2.75, 3.05) is 11.9 Å². The summed E-state index contributed by atoms with van der Waals surface area (Å²) in [6, 6.07) is 13.7. The molecule has 2 atom stereocenters. The number of anilines is 1. The lowest BCUT2D eigenvalue weighted by Gasteiger charge is -2.23. The van der Waals surface area contributed by atoms with E-state index in [2.05, 4.69) is 15.3 Å². The van der Waals surface area contributed by atoms with E-state index < -0.39 is 12.1 Å². The van der Waals surface area contributed by atoms with Gasteiger partial charge in [-0.25, -0.2) is 9.97 Å². The Balaban J connectivity index is 1.69. The van der Waals surface area contributed by atoms with E-state index in [-0.39, 0.29) is 6.61 Å². The molecule has 26 heavy (non-hydrogen) atoms. The number of hydrogen-bond acceptors (Lipinski definition) is 6. The lowest BCUT2D eigenvalue weighted by Crippen LogP contribution is -2.31. The molecule has 0 spiro atoms. The van der Waals surface area contributed by atoms with Crippen LogP contribution in [0.1, 0.15) is 11.7 Å². The normalized spacial score (nSPS) is 13.8. The monoisotopic (exact) mass is 369 g/mol. The predicted molar refractivity (Wildman–Crippen MR) is 100 cm³/mol. The second kappa shape index (κ2) is 6.92. The van der Waals surface area contributed by atoms with E-state index in [1.807, 2.05) is 24.3 Å². The number of benzene rings is 2. The first-order chi connectivity index (χ1) is 12.7. The van der Waals surface area contributed by atoms with Crippen molar-refractivity contribution in [3.63, 3.8) is 0 Å². The molecule has 2 aromatic carbocycles. The van der Waals surface area contributed by atoms with Crippen molar-refractivity contribution in [2.45, 2.75) is 12.1 Å². The molecule has 0 amide bonds. The summed E-state index contributed by atoms with van der Waals surface area (Å²) in [5, 5.41) is 24.9. The van der Waals surface area contributed by atoms with E-state index in [4.69, 9.17) is 16.0 Å². The van der Waals surface area contributed by atoms with Crippen LogP contribution in [0.3, 0.4) is 0 Å². The molecular weight excluding hydrogens is 354 g/mol. The van der Waals surface area contributed by atoms with Gasteiger partial charge in [-0.2, -0.15) is 0 Å². The van der Waals surface area contributed by atoms with Gasteiger partial charge < -0.3 is 19.9 Å². The summed E-state index contributed by atoms with van der Waals surface area (Å²) in [6.45, 7) is -0.296. The molecule has 4 rings (SSSR count). The number of fused-ring (bicyclic) bond motifs is 3. The van der Waals surface area contributed by atoms with Crippen LogP contribution < -0.4 is 5.32 Å². The Morgan fingerprint density at radius 3 is 2.62 bits per heavy atom. The Hall–Kier alpha value is -2.67. The van der Waals surface area contributed by atoms with Gasteiger partial charge in [0, 0.05) is 10.4 Å². The van der Waals surface area contributed by atoms with Crippen LogP contribution in [-0.4, -0.2) is 32.8 Å². The molecule has 0 aliphatic carbocycles. The van der Waals surface area contributed by atoms with Gasteiger partial charge in [-0.3, -0.25) is 0 Å². The van der Waals surface area contributed by atoms with Crippen molar-refractivity contribution < 1.29 is 14.6 Å². The Labute approximate surface area is 154 Å². The van der Waals surface area contributed by atoms with E-state index in [0.29, 0.717) is 33.1 Å². The zero-order chi connectivity index (χ0) is 18.1. The van der Waals surface area contributed by atoms with Gasteiger partial charge in [0.15, 0.2) is 11.4 Å². The van der Waals surface area contributed by atoms with Gasteiger partial charge in [-0.15, -0.1) is 0 Å². The molecule has 0 aliphatic rings. The van der Waals surface area contributed by atoms with E-state index in [1.54, 1.807) is 24.3 Å². The summed E-state index contributed by atoms with van der Waals surface area (Å²) < 4.78 is 5.86. The number of furan rings is 1.